The van der Waals surface area contributed by atoms with E-state index in [4.69, 9.17) is 11.6 Å². The van der Waals surface area contributed by atoms with E-state index in [0.29, 0.717) is 12.1 Å². The molecular formula is C35H42ClF3N6O2. The second kappa shape index (κ2) is 16.8. The first-order valence-corrected chi connectivity index (χ1v) is 16.3. The molecular weight excluding hydrogens is 629 g/mol. The van der Waals surface area contributed by atoms with Crippen LogP contribution < -0.4 is 15.6 Å². The molecule has 252 valence electrons. The number of hydrazone groups is 1. The van der Waals surface area contributed by atoms with Crippen molar-refractivity contribution in [3.63, 3.8) is 0 Å². The quantitative estimate of drug-likeness (QED) is 0.149. The number of carbonyl (C=O) groups is 2. The topological polar surface area (TPSA) is 80.3 Å². The molecule has 0 saturated carbocycles. The molecule has 47 heavy (non-hydrogen) atoms. The van der Waals surface area contributed by atoms with E-state index in [9.17, 15) is 22.8 Å². The van der Waals surface area contributed by atoms with Crippen LogP contribution in [0.5, 0.6) is 0 Å². The summed E-state index contributed by atoms with van der Waals surface area (Å²) in [4.78, 5) is 33.6. The van der Waals surface area contributed by atoms with E-state index in [1.807, 2.05) is 24.3 Å². The number of alkyl halides is 3. The van der Waals surface area contributed by atoms with Gasteiger partial charge >= 0.3 is 6.18 Å². The van der Waals surface area contributed by atoms with Crippen LogP contribution in [0.15, 0.2) is 65.8 Å². The highest BCUT2D eigenvalue weighted by Gasteiger charge is 2.33. The highest BCUT2D eigenvalue weighted by atomic mass is 35.5. The molecule has 12 heteroatoms. The van der Waals surface area contributed by atoms with Crippen LogP contribution in [0.3, 0.4) is 0 Å². The van der Waals surface area contributed by atoms with Gasteiger partial charge in [-0.05, 0) is 93.0 Å². The Bertz CT molecular complexity index is 1550. The molecule has 1 aliphatic heterocycles. The van der Waals surface area contributed by atoms with Crippen molar-refractivity contribution < 1.29 is 22.8 Å². The fourth-order valence-electron chi connectivity index (χ4n) is 5.49. The van der Waals surface area contributed by atoms with Crippen LogP contribution in [0.25, 0.3) is 0 Å². The van der Waals surface area contributed by atoms with Gasteiger partial charge in [0.15, 0.2) is 0 Å². The van der Waals surface area contributed by atoms with Crippen molar-refractivity contribution in [2.24, 2.45) is 5.10 Å². The van der Waals surface area contributed by atoms with Crippen molar-refractivity contribution in [2.45, 2.75) is 45.8 Å². The average molecular weight is 671 g/mol. The molecule has 2 N–H and O–H groups in total. The number of anilines is 2. The average Bonchev–Trinajstić information content (AvgIpc) is 3.06. The summed E-state index contributed by atoms with van der Waals surface area (Å²) in [5, 5.41) is 6.35. The minimum atomic E-state index is -4.63. The van der Waals surface area contributed by atoms with Gasteiger partial charge in [0.05, 0.1) is 28.1 Å². The summed E-state index contributed by atoms with van der Waals surface area (Å²) in [6.45, 7) is 10.5. The number of halogens is 4. The van der Waals surface area contributed by atoms with Crippen molar-refractivity contribution in [1.82, 2.24) is 15.2 Å². The van der Waals surface area contributed by atoms with Crippen LogP contribution in [0.4, 0.5) is 24.5 Å². The number of amides is 2. The van der Waals surface area contributed by atoms with Crippen LogP contribution in [0.1, 0.15) is 70.5 Å². The smallest absolute Gasteiger partial charge is 0.372 e. The molecule has 0 atom stereocenters. The van der Waals surface area contributed by atoms with Crippen molar-refractivity contribution in [3.05, 3.63) is 93.5 Å². The molecule has 8 nitrogen and oxygen atoms in total. The van der Waals surface area contributed by atoms with Gasteiger partial charge in [-0.2, -0.15) is 18.3 Å². The third-order valence-electron chi connectivity index (χ3n) is 8.23. The van der Waals surface area contributed by atoms with E-state index in [-0.39, 0.29) is 22.7 Å². The Kier molecular flexibility index (Phi) is 12.8. The molecule has 0 unspecified atom stereocenters. The number of hydrogen-bond donors (Lipinski definition) is 2. The van der Waals surface area contributed by atoms with Crippen LogP contribution in [0, 0.1) is 0 Å². The van der Waals surface area contributed by atoms with Gasteiger partial charge in [0.1, 0.15) is 0 Å². The third-order valence-corrected chi connectivity index (χ3v) is 8.56. The Morgan fingerprint density at radius 3 is 2.40 bits per heavy atom. The zero-order chi connectivity index (χ0) is 34.0. The highest BCUT2D eigenvalue weighted by Crippen LogP contribution is 2.35. The molecule has 0 aliphatic carbocycles. The Morgan fingerprint density at radius 1 is 0.957 bits per heavy atom. The summed E-state index contributed by atoms with van der Waals surface area (Å²) in [6.07, 6.45) is -0.315. The molecule has 1 aliphatic rings. The Labute approximate surface area is 279 Å². The Balaban J connectivity index is 1.51. The molecule has 0 spiro atoms. The maximum Gasteiger partial charge on any atom is 0.417 e. The number of nitrogens with one attached hydrogen (secondary N) is 2. The lowest BCUT2D eigenvalue weighted by Gasteiger charge is -2.29. The lowest BCUT2D eigenvalue weighted by atomic mass is 10.1. The number of piperidine rings is 1. The van der Waals surface area contributed by atoms with Gasteiger partial charge in [-0.25, -0.2) is 5.43 Å². The number of rotatable bonds is 13. The van der Waals surface area contributed by atoms with E-state index < -0.39 is 22.7 Å². The molecule has 0 radical (unpaired) electrons. The van der Waals surface area contributed by atoms with Crippen LogP contribution in [-0.4, -0.2) is 74.1 Å². The largest absolute Gasteiger partial charge is 0.417 e. The van der Waals surface area contributed by atoms with Crippen LogP contribution in [-0.2, 0) is 12.7 Å². The predicted octanol–water partition coefficient (Wildman–Crippen LogP) is 7.14. The highest BCUT2D eigenvalue weighted by molar-refractivity contribution is 6.31. The first-order valence-electron chi connectivity index (χ1n) is 15.9. The third kappa shape index (κ3) is 10.3. The Hall–Kier alpha value is -3.93. The minimum absolute atomic E-state index is 0.108. The predicted molar refractivity (Wildman–Crippen MR) is 183 cm³/mol. The monoisotopic (exact) mass is 670 g/mol. The molecule has 3 aromatic rings. The first-order chi connectivity index (χ1) is 22.5. The lowest BCUT2D eigenvalue weighted by Crippen LogP contribution is -2.32. The molecule has 4 rings (SSSR count). The minimum Gasteiger partial charge on any atom is -0.372 e. The summed E-state index contributed by atoms with van der Waals surface area (Å²) in [5.41, 5.74) is 4.25. The van der Waals surface area contributed by atoms with E-state index in [2.05, 4.69) is 51.4 Å². The maximum absolute atomic E-state index is 13.4. The van der Waals surface area contributed by atoms with Crippen LogP contribution in [0.2, 0.25) is 5.02 Å². The fraction of sp³-hybridized carbons (Fsp3) is 0.400. The number of carbonyl (C=O) groups excluding carboxylic acids is 2. The number of benzene rings is 3. The van der Waals surface area contributed by atoms with Crippen molar-refractivity contribution >= 4 is 41.0 Å². The summed E-state index contributed by atoms with van der Waals surface area (Å²) < 4.78 is 39.8. The normalized spacial score (nSPS) is 13.9. The molecule has 3 aromatic carbocycles. The first kappa shape index (κ1) is 35.9. The van der Waals surface area contributed by atoms with Gasteiger partial charge in [0.25, 0.3) is 11.8 Å². The lowest BCUT2D eigenvalue weighted by molar-refractivity contribution is -0.137. The second-order valence-electron chi connectivity index (χ2n) is 11.6. The molecule has 1 heterocycles. The van der Waals surface area contributed by atoms with E-state index in [1.165, 1.54) is 6.07 Å². The fourth-order valence-corrected chi connectivity index (χ4v) is 5.72. The standard InChI is InChI=1S/C35H42ClF3N6O2/c1-4-44(5-2)19-18-43(3)24-26-10-9-11-27(20-26)33(46)41-32-15-13-28(45-16-7-6-8-17-45)22-29(32)34(47)42-40-23-25-12-14-31(36)30(21-25)35(37,38)39/h9-15,20-23H,4-8,16-19,24H2,1-3H3,(H,41,46)(H,42,47)/b40-23-. The van der Waals surface area contributed by atoms with E-state index in [1.54, 1.807) is 18.2 Å². The van der Waals surface area contributed by atoms with Crippen molar-refractivity contribution in [3.8, 4) is 0 Å². The summed E-state index contributed by atoms with van der Waals surface area (Å²) in [7, 11) is 2.05. The summed E-state index contributed by atoms with van der Waals surface area (Å²) in [6, 6.07) is 16.0. The zero-order valence-electron chi connectivity index (χ0n) is 27.0. The molecule has 1 fully saturated rings. The van der Waals surface area contributed by atoms with Gasteiger partial charge in [0, 0.05) is 44.0 Å². The van der Waals surface area contributed by atoms with E-state index >= 15 is 0 Å². The molecule has 2 amide bonds. The second-order valence-corrected chi connectivity index (χ2v) is 12.0. The summed E-state index contributed by atoms with van der Waals surface area (Å²) in [5.74, 6) is -0.995. The van der Waals surface area contributed by atoms with E-state index in [0.717, 1.165) is 88.1 Å². The SMILES string of the molecule is CCN(CC)CCN(C)Cc1cccc(C(=O)Nc2ccc(N3CCCCC3)cc2C(=O)N/N=C\c2ccc(Cl)c(C(F)(F)F)c2)c1. The summed E-state index contributed by atoms with van der Waals surface area (Å²) >= 11 is 5.71. The van der Waals surface area contributed by atoms with Gasteiger partial charge in [-0.3, -0.25) is 9.59 Å². The molecule has 0 bridgehead atoms. The van der Waals surface area contributed by atoms with Gasteiger partial charge in [-0.15, -0.1) is 0 Å². The van der Waals surface area contributed by atoms with Gasteiger partial charge in [-0.1, -0.05) is 43.6 Å². The molecule has 1 saturated heterocycles. The number of nitrogens with zero attached hydrogens (tertiary/aromatic N) is 4. The van der Waals surface area contributed by atoms with Crippen molar-refractivity contribution in [1.29, 1.82) is 0 Å². The zero-order valence-corrected chi connectivity index (χ0v) is 27.8. The number of likely N-dealkylation sites (N-methyl/N-ethyl adjacent to an activating group) is 2. The van der Waals surface area contributed by atoms with Crippen LogP contribution >= 0.6 is 11.6 Å². The molecule has 0 aromatic heterocycles. The van der Waals surface area contributed by atoms with Gasteiger partial charge < -0.3 is 20.0 Å². The number of hydrogen-bond acceptors (Lipinski definition) is 6. The van der Waals surface area contributed by atoms with Gasteiger partial charge in [0.2, 0.25) is 0 Å². The maximum atomic E-state index is 13.4. The Morgan fingerprint density at radius 2 is 1.70 bits per heavy atom. The van der Waals surface area contributed by atoms with Crippen molar-refractivity contribution in [2.75, 3.05) is 56.5 Å².